The van der Waals surface area contributed by atoms with Gasteiger partial charge in [0.1, 0.15) is 35.2 Å². The number of alkyl halides is 3. The van der Waals surface area contributed by atoms with E-state index in [1.165, 1.54) is 11.0 Å². The van der Waals surface area contributed by atoms with E-state index in [-0.39, 0.29) is 64.2 Å². The van der Waals surface area contributed by atoms with Gasteiger partial charge in [-0.15, -0.1) is 0 Å². The Bertz CT molecular complexity index is 2070. The lowest BCUT2D eigenvalue weighted by molar-refractivity contribution is -0.181. The second-order valence-electron chi connectivity index (χ2n) is 15.3. The van der Waals surface area contributed by atoms with Gasteiger partial charge in [0.15, 0.2) is 10.9 Å². The number of nitrogens with one attached hydrogen (secondary N) is 1. The van der Waals surface area contributed by atoms with Crippen molar-refractivity contribution in [2.75, 3.05) is 50.1 Å². The van der Waals surface area contributed by atoms with Crippen LogP contribution in [0.3, 0.4) is 0 Å². The molecule has 0 spiro atoms. The Morgan fingerprint density at radius 3 is 2.37 bits per heavy atom. The summed E-state index contributed by atoms with van der Waals surface area (Å²) in [5, 5.41) is 2.80. The molecular weight excluding hydrogens is 754 g/mol. The van der Waals surface area contributed by atoms with Crippen molar-refractivity contribution in [2.24, 2.45) is 0 Å². The Morgan fingerprint density at radius 2 is 1.72 bits per heavy atom. The molecule has 1 N–H and O–H groups in total. The van der Waals surface area contributed by atoms with Crippen molar-refractivity contribution in [3.63, 3.8) is 0 Å². The van der Waals surface area contributed by atoms with Crippen LogP contribution >= 0.6 is 22.9 Å². The van der Waals surface area contributed by atoms with E-state index in [0.29, 0.717) is 20.7 Å². The minimum Gasteiger partial charge on any atom is -0.462 e. The number of ether oxygens (including phenoxy) is 3. The Morgan fingerprint density at radius 1 is 1.00 bits per heavy atom. The van der Waals surface area contributed by atoms with Gasteiger partial charge in [-0.2, -0.15) is 23.1 Å². The summed E-state index contributed by atoms with van der Waals surface area (Å²) in [6.07, 6.45) is -4.82. The number of nitrogens with zero attached hydrogens (tertiary/aromatic N) is 6. The van der Waals surface area contributed by atoms with Crippen LogP contribution in [0.4, 0.5) is 38.1 Å². The summed E-state index contributed by atoms with van der Waals surface area (Å²) in [7, 11) is 1.95. The topological polar surface area (TPSA) is 122 Å². The van der Waals surface area contributed by atoms with Gasteiger partial charge in [-0.05, 0) is 80.1 Å². The zero-order chi connectivity index (χ0) is 39.3. The standard InChI is InChI=1S/C36H42ClF4N7O5S/c1-34(2,3)52-32(49)45-31-43-27-20(11-8-12-23(27)54-31)25-22(37)16-21-28(26(25)38)42-30(51-18-19-10-9-13-46(19)7)44-29(21)47-14-15-48(24(17-47)36(39,40)41)33(50)53-35(4,5)6/h8,11-12,16,19,24H,9-10,13-15,17-18H2,1-7H3,(H,43,45,49)/t19-,24?/m0/s1. The SMILES string of the molecule is CN1CCC[C@H]1COc1nc(N2CCN(C(=O)OC(C)(C)C)C(C(F)(F)F)C2)c2cc(Cl)c(-c3cccc4sc(NC(=O)OC(C)(C)C)nc34)c(F)c2n1. The molecule has 1 unspecified atom stereocenters. The summed E-state index contributed by atoms with van der Waals surface area (Å²) in [6, 6.07) is 4.03. The maximum Gasteiger partial charge on any atom is 0.413 e. The first-order valence-electron chi connectivity index (χ1n) is 17.4. The Kier molecular flexibility index (Phi) is 10.8. The number of likely N-dealkylation sites (N-methyl/N-ethyl adjacent to an activating group) is 1. The molecule has 292 valence electrons. The molecule has 18 heteroatoms. The van der Waals surface area contributed by atoms with Crippen LogP contribution in [0.15, 0.2) is 24.3 Å². The lowest BCUT2D eigenvalue weighted by atomic mass is 10.0. The molecule has 6 rings (SSSR count). The summed E-state index contributed by atoms with van der Waals surface area (Å²) in [4.78, 5) is 43.0. The van der Waals surface area contributed by atoms with Gasteiger partial charge in [0.25, 0.3) is 0 Å². The summed E-state index contributed by atoms with van der Waals surface area (Å²) < 4.78 is 78.1. The van der Waals surface area contributed by atoms with Gasteiger partial charge in [-0.1, -0.05) is 35.1 Å². The molecule has 2 amide bonds. The molecule has 0 saturated carbocycles. The third-order valence-electron chi connectivity index (χ3n) is 8.90. The van der Waals surface area contributed by atoms with Crippen molar-refractivity contribution in [3.8, 4) is 17.1 Å². The molecule has 54 heavy (non-hydrogen) atoms. The Hall–Kier alpha value is -4.22. The molecule has 2 aliphatic heterocycles. The molecule has 2 fully saturated rings. The highest BCUT2D eigenvalue weighted by molar-refractivity contribution is 7.22. The highest BCUT2D eigenvalue weighted by atomic mass is 35.5. The number of hydrogen-bond donors (Lipinski definition) is 1. The van der Waals surface area contributed by atoms with Crippen LogP contribution < -0.4 is 15.0 Å². The number of benzene rings is 2. The van der Waals surface area contributed by atoms with Crippen LogP contribution in [0.1, 0.15) is 54.4 Å². The van der Waals surface area contributed by atoms with E-state index in [0.717, 1.165) is 30.7 Å². The van der Waals surface area contributed by atoms with Crippen LogP contribution in [-0.4, -0.2) is 106 Å². The highest BCUT2D eigenvalue weighted by Crippen LogP contribution is 2.43. The second kappa shape index (κ2) is 14.8. The number of carbonyl (C=O) groups is 2. The number of thiazole rings is 1. The zero-order valence-corrected chi connectivity index (χ0v) is 32.5. The van der Waals surface area contributed by atoms with Gasteiger partial charge < -0.3 is 24.0 Å². The quantitative estimate of drug-likeness (QED) is 0.190. The zero-order valence-electron chi connectivity index (χ0n) is 30.9. The monoisotopic (exact) mass is 795 g/mol. The van der Waals surface area contributed by atoms with Crippen LogP contribution in [0.2, 0.25) is 5.02 Å². The van der Waals surface area contributed by atoms with Gasteiger partial charge in [0.2, 0.25) is 0 Å². The fourth-order valence-corrected chi connectivity index (χ4v) is 7.63. The van der Waals surface area contributed by atoms with E-state index in [2.05, 4.69) is 25.2 Å². The first-order valence-corrected chi connectivity index (χ1v) is 18.6. The summed E-state index contributed by atoms with van der Waals surface area (Å²) in [5.41, 5.74) is -1.41. The molecule has 4 heterocycles. The lowest BCUT2D eigenvalue weighted by Crippen LogP contribution is -2.61. The van der Waals surface area contributed by atoms with E-state index in [1.807, 2.05) is 7.05 Å². The summed E-state index contributed by atoms with van der Waals surface area (Å²) in [6.45, 7) is 9.78. The number of para-hydroxylation sites is 1. The molecule has 0 aliphatic carbocycles. The molecule has 0 bridgehead atoms. The van der Waals surface area contributed by atoms with E-state index in [4.69, 9.17) is 25.8 Å². The van der Waals surface area contributed by atoms with Crippen LogP contribution in [0.25, 0.3) is 32.2 Å². The first kappa shape index (κ1) is 39.5. The maximum atomic E-state index is 17.0. The molecule has 2 aromatic heterocycles. The molecule has 2 saturated heterocycles. The van der Waals surface area contributed by atoms with Crippen molar-refractivity contribution < 1.29 is 41.4 Å². The van der Waals surface area contributed by atoms with Gasteiger partial charge >= 0.3 is 24.4 Å². The van der Waals surface area contributed by atoms with Gasteiger partial charge in [0.05, 0.1) is 15.2 Å². The average molecular weight is 796 g/mol. The Labute approximate surface area is 318 Å². The third kappa shape index (κ3) is 8.68. The van der Waals surface area contributed by atoms with Crippen molar-refractivity contribution in [1.82, 2.24) is 24.8 Å². The van der Waals surface area contributed by atoms with Crippen LogP contribution in [0.5, 0.6) is 6.01 Å². The van der Waals surface area contributed by atoms with Gasteiger partial charge in [-0.3, -0.25) is 10.2 Å². The van der Waals surface area contributed by atoms with Crippen molar-refractivity contribution in [3.05, 3.63) is 35.1 Å². The van der Waals surface area contributed by atoms with E-state index in [1.54, 1.807) is 59.7 Å². The number of fused-ring (bicyclic) bond motifs is 2. The molecule has 4 aromatic rings. The summed E-state index contributed by atoms with van der Waals surface area (Å²) >= 11 is 7.99. The maximum absolute atomic E-state index is 17.0. The number of rotatable bonds is 6. The fourth-order valence-electron chi connectivity index (χ4n) is 6.46. The number of aromatic nitrogens is 3. The largest absolute Gasteiger partial charge is 0.462 e. The minimum absolute atomic E-state index is 0.0315. The first-order chi connectivity index (χ1) is 25.2. The van der Waals surface area contributed by atoms with E-state index < -0.39 is 48.0 Å². The van der Waals surface area contributed by atoms with E-state index >= 15 is 4.39 Å². The number of piperazine rings is 1. The van der Waals surface area contributed by atoms with Crippen molar-refractivity contribution >= 4 is 67.2 Å². The van der Waals surface area contributed by atoms with Crippen LogP contribution in [-0.2, 0) is 9.47 Å². The fraction of sp³-hybridized carbons (Fsp3) is 0.528. The van der Waals surface area contributed by atoms with Crippen LogP contribution in [0, 0.1) is 5.82 Å². The van der Waals surface area contributed by atoms with Crippen molar-refractivity contribution in [2.45, 2.75) is 83.8 Å². The number of amides is 2. The predicted octanol–water partition coefficient (Wildman–Crippen LogP) is 8.51. The molecule has 2 aromatic carbocycles. The smallest absolute Gasteiger partial charge is 0.413 e. The molecule has 12 nitrogen and oxygen atoms in total. The number of anilines is 2. The number of hydrogen-bond acceptors (Lipinski definition) is 11. The highest BCUT2D eigenvalue weighted by Gasteiger charge is 2.50. The average Bonchev–Trinajstić information content (AvgIpc) is 3.66. The third-order valence-corrected chi connectivity index (χ3v) is 10.1. The predicted molar refractivity (Wildman–Crippen MR) is 199 cm³/mol. The minimum atomic E-state index is -4.83. The number of carbonyl (C=O) groups excluding carboxylic acids is 2. The Balaban J connectivity index is 1.43. The molecule has 2 aliphatic rings. The number of halogens is 5. The molecule has 2 atom stereocenters. The van der Waals surface area contributed by atoms with Gasteiger partial charge in [-0.25, -0.2) is 19.0 Å². The normalized spacial score (nSPS) is 18.7. The van der Waals surface area contributed by atoms with Gasteiger partial charge in [0, 0.05) is 42.2 Å². The van der Waals surface area contributed by atoms with Crippen molar-refractivity contribution in [1.29, 1.82) is 0 Å². The second-order valence-corrected chi connectivity index (χ2v) is 16.8. The van der Waals surface area contributed by atoms with E-state index in [9.17, 15) is 22.8 Å². The summed E-state index contributed by atoms with van der Waals surface area (Å²) in [5.74, 6) is -0.901. The molecular formula is C36H42ClF4N7O5S. The lowest BCUT2D eigenvalue weighted by Gasteiger charge is -2.42. The molecule has 0 radical (unpaired) electrons. The number of likely N-dealkylation sites (tertiary alicyclic amines) is 1.